The van der Waals surface area contributed by atoms with Gasteiger partial charge in [-0.25, -0.2) is 9.50 Å². The maximum atomic E-state index is 4.52. The van der Waals surface area contributed by atoms with Crippen LogP contribution in [0.3, 0.4) is 0 Å². The van der Waals surface area contributed by atoms with Crippen LogP contribution < -0.4 is 0 Å². The van der Waals surface area contributed by atoms with Crippen molar-refractivity contribution in [1.29, 1.82) is 0 Å². The molecular weight excluding hydrogens is 266 g/mol. The molecular formula is C12H16BrN3. The Kier molecular flexibility index (Phi) is 3.28. The quantitative estimate of drug-likeness (QED) is 0.808. The van der Waals surface area contributed by atoms with E-state index in [1.165, 1.54) is 11.1 Å². The molecule has 0 bridgehead atoms. The van der Waals surface area contributed by atoms with Gasteiger partial charge < -0.3 is 0 Å². The topological polar surface area (TPSA) is 30.2 Å². The highest BCUT2D eigenvalue weighted by atomic mass is 79.9. The summed E-state index contributed by atoms with van der Waals surface area (Å²) in [5.74, 6) is 0.927. The van der Waals surface area contributed by atoms with E-state index in [2.05, 4.69) is 52.9 Å². The smallest absolute Gasteiger partial charge is 0.157 e. The first-order valence-corrected chi connectivity index (χ1v) is 6.50. The first kappa shape index (κ1) is 11.6. The van der Waals surface area contributed by atoms with Crippen molar-refractivity contribution in [2.75, 3.05) is 0 Å². The fourth-order valence-electron chi connectivity index (χ4n) is 1.93. The number of pyridine rings is 1. The molecule has 2 aromatic rings. The van der Waals surface area contributed by atoms with E-state index >= 15 is 0 Å². The maximum absolute atomic E-state index is 4.52. The van der Waals surface area contributed by atoms with E-state index in [-0.39, 0.29) is 0 Å². The molecule has 0 aliphatic heterocycles. The van der Waals surface area contributed by atoms with Crippen LogP contribution in [0.5, 0.6) is 0 Å². The van der Waals surface area contributed by atoms with E-state index in [9.17, 15) is 0 Å². The molecule has 0 fully saturated rings. The standard InChI is InChI=1S/C12H16BrN3/c1-4-6-10-14-11-7-8(3)9(5-2)12(13)16(11)15-10/h7H,4-6H2,1-3H3. The monoisotopic (exact) mass is 281 g/mol. The van der Waals surface area contributed by atoms with E-state index in [0.29, 0.717) is 0 Å². The SMILES string of the molecule is CCCc1nc2cc(C)c(CC)c(Br)n2n1. The molecule has 0 spiro atoms. The van der Waals surface area contributed by atoms with E-state index < -0.39 is 0 Å². The molecule has 2 rings (SSSR count). The minimum atomic E-state index is 0.927. The zero-order valence-electron chi connectivity index (χ0n) is 9.92. The average molecular weight is 282 g/mol. The average Bonchev–Trinajstić information content (AvgIpc) is 2.62. The molecule has 0 radical (unpaired) electrons. The summed E-state index contributed by atoms with van der Waals surface area (Å²) in [5, 5.41) is 4.51. The minimum Gasteiger partial charge on any atom is -0.212 e. The predicted molar refractivity (Wildman–Crippen MR) is 68.8 cm³/mol. The van der Waals surface area contributed by atoms with Gasteiger partial charge in [-0.05, 0) is 52.9 Å². The summed E-state index contributed by atoms with van der Waals surface area (Å²) in [6.45, 7) is 6.42. The van der Waals surface area contributed by atoms with Gasteiger partial charge in [0.2, 0.25) is 0 Å². The number of hydrogen-bond acceptors (Lipinski definition) is 2. The van der Waals surface area contributed by atoms with Crippen LogP contribution in [0.25, 0.3) is 5.65 Å². The Balaban J connectivity index is 2.63. The van der Waals surface area contributed by atoms with Gasteiger partial charge in [0.25, 0.3) is 0 Å². The van der Waals surface area contributed by atoms with E-state index in [0.717, 1.165) is 35.3 Å². The molecule has 0 saturated heterocycles. The largest absolute Gasteiger partial charge is 0.212 e. The highest BCUT2D eigenvalue weighted by Crippen LogP contribution is 2.22. The molecule has 2 heterocycles. The molecule has 16 heavy (non-hydrogen) atoms. The fourth-order valence-corrected chi connectivity index (χ4v) is 2.79. The van der Waals surface area contributed by atoms with Crippen LogP contribution in [0.1, 0.15) is 37.2 Å². The Hall–Kier alpha value is -0.900. The molecule has 2 aromatic heterocycles. The van der Waals surface area contributed by atoms with E-state index in [1.54, 1.807) is 0 Å². The Morgan fingerprint density at radius 3 is 2.75 bits per heavy atom. The molecule has 3 nitrogen and oxygen atoms in total. The second kappa shape index (κ2) is 4.53. The molecule has 0 aromatic carbocycles. The molecule has 4 heteroatoms. The number of aryl methyl sites for hydroxylation is 2. The van der Waals surface area contributed by atoms with Gasteiger partial charge in [0, 0.05) is 6.42 Å². The van der Waals surface area contributed by atoms with Gasteiger partial charge in [-0.1, -0.05) is 13.8 Å². The first-order chi connectivity index (χ1) is 7.67. The van der Waals surface area contributed by atoms with Crippen LogP contribution in [0.4, 0.5) is 0 Å². The molecule has 86 valence electrons. The lowest BCUT2D eigenvalue weighted by Gasteiger charge is -2.06. The van der Waals surface area contributed by atoms with Crippen molar-refractivity contribution < 1.29 is 0 Å². The summed E-state index contributed by atoms with van der Waals surface area (Å²) >= 11 is 3.62. The second-order valence-corrected chi connectivity index (χ2v) is 4.75. The summed E-state index contributed by atoms with van der Waals surface area (Å²) in [6, 6.07) is 2.11. The number of halogens is 1. The fraction of sp³-hybridized carbons (Fsp3) is 0.500. The lowest BCUT2D eigenvalue weighted by molar-refractivity contribution is 0.807. The lowest BCUT2D eigenvalue weighted by Crippen LogP contribution is -1.98. The summed E-state index contributed by atoms with van der Waals surface area (Å²) in [4.78, 5) is 4.52. The number of hydrogen-bond donors (Lipinski definition) is 0. The number of aromatic nitrogens is 3. The third-order valence-electron chi connectivity index (χ3n) is 2.76. The van der Waals surface area contributed by atoms with Gasteiger partial charge in [0.05, 0.1) is 0 Å². The second-order valence-electron chi connectivity index (χ2n) is 4.00. The highest BCUT2D eigenvalue weighted by Gasteiger charge is 2.11. The lowest BCUT2D eigenvalue weighted by atomic mass is 10.1. The minimum absolute atomic E-state index is 0.927. The Morgan fingerprint density at radius 2 is 2.12 bits per heavy atom. The van der Waals surface area contributed by atoms with Gasteiger partial charge in [0.15, 0.2) is 11.5 Å². The van der Waals surface area contributed by atoms with Crippen molar-refractivity contribution in [1.82, 2.24) is 14.6 Å². The zero-order valence-corrected chi connectivity index (χ0v) is 11.5. The van der Waals surface area contributed by atoms with Crippen LogP contribution in [-0.4, -0.2) is 14.6 Å². The summed E-state index contributed by atoms with van der Waals surface area (Å²) in [5.41, 5.74) is 3.52. The van der Waals surface area contributed by atoms with Crippen LogP contribution in [0, 0.1) is 6.92 Å². The third-order valence-corrected chi connectivity index (χ3v) is 3.57. The van der Waals surface area contributed by atoms with E-state index in [1.807, 2.05) is 4.52 Å². The number of nitrogens with zero attached hydrogens (tertiary/aromatic N) is 3. The normalized spacial score (nSPS) is 11.2. The van der Waals surface area contributed by atoms with E-state index in [4.69, 9.17) is 0 Å². The van der Waals surface area contributed by atoms with Gasteiger partial charge in [-0.2, -0.15) is 5.10 Å². The van der Waals surface area contributed by atoms with Crippen molar-refractivity contribution in [2.24, 2.45) is 0 Å². The van der Waals surface area contributed by atoms with Crippen LogP contribution in [0.2, 0.25) is 0 Å². The van der Waals surface area contributed by atoms with Crippen LogP contribution in [-0.2, 0) is 12.8 Å². The molecule has 0 aliphatic rings. The number of rotatable bonds is 3. The molecule has 0 unspecified atom stereocenters. The van der Waals surface area contributed by atoms with Crippen molar-refractivity contribution in [3.05, 3.63) is 27.6 Å². The van der Waals surface area contributed by atoms with Crippen molar-refractivity contribution in [2.45, 2.75) is 40.0 Å². The van der Waals surface area contributed by atoms with Gasteiger partial charge in [0.1, 0.15) is 4.60 Å². The summed E-state index contributed by atoms with van der Waals surface area (Å²) < 4.78 is 2.94. The van der Waals surface area contributed by atoms with Crippen LogP contribution in [0.15, 0.2) is 10.7 Å². The Morgan fingerprint density at radius 1 is 1.38 bits per heavy atom. The highest BCUT2D eigenvalue weighted by molar-refractivity contribution is 9.10. The molecule has 0 aliphatic carbocycles. The molecule has 0 N–H and O–H groups in total. The van der Waals surface area contributed by atoms with Crippen molar-refractivity contribution in [3.63, 3.8) is 0 Å². The van der Waals surface area contributed by atoms with Gasteiger partial charge in [-0.15, -0.1) is 0 Å². The predicted octanol–water partition coefficient (Wildman–Crippen LogP) is 3.32. The van der Waals surface area contributed by atoms with Crippen LogP contribution >= 0.6 is 15.9 Å². The maximum Gasteiger partial charge on any atom is 0.157 e. The van der Waals surface area contributed by atoms with Gasteiger partial charge >= 0.3 is 0 Å². The summed E-state index contributed by atoms with van der Waals surface area (Å²) in [7, 11) is 0. The van der Waals surface area contributed by atoms with Crippen molar-refractivity contribution in [3.8, 4) is 0 Å². The Labute approximate surface area is 104 Å². The first-order valence-electron chi connectivity index (χ1n) is 5.71. The summed E-state index contributed by atoms with van der Waals surface area (Å²) in [6.07, 6.45) is 3.02. The molecule has 0 amide bonds. The third kappa shape index (κ3) is 1.86. The zero-order chi connectivity index (χ0) is 11.7. The van der Waals surface area contributed by atoms with Gasteiger partial charge in [-0.3, -0.25) is 0 Å². The molecule has 0 saturated carbocycles. The van der Waals surface area contributed by atoms with Crippen molar-refractivity contribution >= 4 is 21.6 Å². The Bertz CT molecular complexity index is 516. The number of fused-ring (bicyclic) bond motifs is 1. The molecule has 0 atom stereocenters.